The van der Waals surface area contributed by atoms with Gasteiger partial charge in [0.15, 0.2) is 9.84 Å². The smallest absolute Gasteiger partial charge is 0.175 e. The van der Waals surface area contributed by atoms with Crippen molar-refractivity contribution >= 4 is 33.0 Å². The van der Waals surface area contributed by atoms with Crippen LogP contribution in [0.3, 0.4) is 0 Å². The zero-order chi connectivity index (χ0) is 22.9. The molecule has 0 aromatic heterocycles. The Bertz CT molecular complexity index is 1070. The number of hydrogen-bond acceptors (Lipinski definition) is 5. The van der Waals surface area contributed by atoms with Gasteiger partial charge in [0.1, 0.15) is 18.5 Å². The number of halogens is 3. The van der Waals surface area contributed by atoms with E-state index in [1.54, 1.807) is 30.3 Å². The maximum Gasteiger partial charge on any atom is 0.175 e. The molecule has 1 fully saturated rings. The number of nitrogens with one attached hydrogen (secondary N) is 1. The number of fused-ring (bicyclic) bond motifs is 1. The Labute approximate surface area is 198 Å². The number of ether oxygens (including phenoxy) is 1. The number of nitrogens with zero attached hydrogens (tertiary/aromatic N) is 1. The number of benzene rings is 2. The summed E-state index contributed by atoms with van der Waals surface area (Å²) in [5.74, 6) is 0.584. The third-order valence-electron chi connectivity index (χ3n) is 6.23. The summed E-state index contributed by atoms with van der Waals surface area (Å²) < 4.78 is 42.7. The first-order valence-corrected chi connectivity index (χ1v) is 13.4. The highest BCUT2D eigenvalue weighted by Gasteiger charge is 2.41. The van der Waals surface area contributed by atoms with Crippen LogP contribution in [0, 0.1) is 0 Å². The van der Waals surface area contributed by atoms with Gasteiger partial charge in [-0.05, 0) is 67.8 Å². The third-order valence-corrected chi connectivity index (χ3v) is 7.91. The highest BCUT2D eigenvalue weighted by molar-refractivity contribution is 7.90. The first-order valence-electron chi connectivity index (χ1n) is 10.7. The van der Waals surface area contributed by atoms with Gasteiger partial charge >= 0.3 is 0 Å². The van der Waals surface area contributed by atoms with E-state index < -0.39 is 9.84 Å². The zero-order valence-corrected chi connectivity index (χ0v) is 20.2. The van der Waals surface area contributed by atoms with Crippen molar-refractivity contribution in [3.05, 3.63) is 57.6 Å². The molecule has 2 aromatic rings. The van der Waals surface area contributed by atoms with E-state index in [-0.39, 0.29) is 29.8 Å². The van der Waals surface area contributed by atoms with Crippen LogP contribution in [0.4, 0.5) is 4.39 Å². The number of piperidine rings is 1. The monoisotopic (exact) mass is 500 g/mol. The molecule has 0 spiro atoms. The number of sulfone groups is 1. The lowest BCUT2D eigenvalue weighted by atomic mass is 10.0. The van der Waals surface area contributed by atoms with Crippen LogP contribution in [0.1, 0.15) is 30.1 Å². The second-order valence-corrected chi connectivity index (χ2v) is 11.3. The molecular formula is C23H27Cl2FN2O3S. The molecule has 1 N–H and O–H groups in total. The minimum atomic E-state index is -3.28. The molecule has 2 aliphatic rings. The topological polar surface area (TPSA) is 58.6 Å². The molecule has 1 aliphatic heterocycles. The van der Waals surface area contributed by atoms with Crippen molar-refractivity contribution in [3.63, 3.8) is 0 Å². The molecule has 0 saturated carbocycles. The van der Waals surface area contributed by atoms with Gasteiger partial charge < -0.3 is 10.1 Å². The van der Waals surface area contributed by atoms with Crippen molar-refractivity contribution in [3.8, 4) is 5.75 Å². The number of alkyl halides is 1. The molecular weight excluding hydrogens is 474 g/mol. The molecule has 0 radical (unpaired) electrons. The molecule has 0 amide bonds. The Morgan fingerprint density at radius 2 is 1.97 bits per heavy atom. The van der Waals surface area contributed by atoms with Crippen LogP contribution in [0.25, 0.3) is 0 Å². The summed E-state index contributed by atoms with van der Waals surface area (Å²) in [7, 11) is -3.28. The van der Waals surface area contributed by atoms with Crippen molar-refractivity contribution < 1.29 is 17.5 Å². The van der Waals surface area contributed by atoms with E-state index in [1.165, 1.54) is 6.26 Å². The van der Waals surface area contributed by atoms with Crippen LogP contribution in [-0.2, 0) is 16.3 Å². The van der Waals surface area contributed by atoms with Gasteiger partial charge in [-0.3, -0.25) is 4.90 Å². The molecule has 1 heterocycles. The number of rotatable bonds is 7. The zero-order valence-electron chi connectivity index (χ0n) is 17.9. The lowest BCUT2D eigenvalue weighted by molar-refractivity contribution is 0.0544. The first kappa shape index (κ1) is 23.8. The van der Waals surface area contributed by atoms with Gasteiger partial charge in [-0.15, -0.1) is 0 Å². The fourth-order valence-electron chi connectivity index (χ4n) is 4.72. The average molecular weight is 501 g/mol. The predicted octanol–water partition coefficient (Wildman–Crippen LogP) is 4.47. The predicted molar refractivity (Wildman–Crippen MR) is 125 cm³/mol. The van der Waals surface area contributed by atoms with Gasteiger partial charge in [0.05, 0.1) is 10.9 Å². The van der Waals surface area contributed by atoms with Gasteiger partial charge in [0.25, 0.3) is 0 Å². The van der Waals surface area contributed by atoms with Crippen molar-refractivity contribution in [1.29, 1.82) is 0 Å². The molecule has 0 unspecified atom stereocenters. The Kier molecular flexibility index (Phi) is 7.32. The van der Waals surface area contributed by atoms with Crippen molar-refractivity contribution in [2.24, 2.45) is 0 Å². The van der Waals surface area contributed by atoms with E-state index in [9.17, 15) is 12.8 Å². The van der Waals surface area contributed by atoms with Crippen LogP contribution in [0.15, 0.2) is 41.3 Å². The summed E-state index contributed by atoms with van der Waals surface area (Å²) in [4.78, 5) is 2.64. The van der Waals surface area contributed by atoms with Crippen molar-refractivity contribution in [2.75, 3.05) is 32.6 Å². The fourth-order valence-corrected chi connectivity index (χ4v) is 5.94. The summed E-state index contributed by atoms with van der Waals surface area (Å²) in [6.45, 7) is 1.70. The molecule has 1 saturated heterocycles. The Morgan fingerprint density at radius 1 is 1.22 bits per heavy atom. The quantitative estimate of drug-likeness (QED) is 0.607. The van der Waals surface area contributed by atoms with Gasteiger partial charge in [0.2, 0.25) is 0 Å². The van der Waals surface area contributed by atoms with Gasteiger partial charge in [0, 0.05) is 41.0 Å². The van der Waals surface area contributed by atoms with Gasteiger partial charge in [-0.25, -0.2) is 12.8 Å². The minimum Gasteiger partial charge on any atom is -0.484 e. The van der Waals surface area contributed by atoms with Crippen LogP contribution in [0.5, 0.6) is 5.75 Å². The lowest BCUT2D eigenvalue weighted by Gasteiger charge is -2.39. The minimum absolute atomic E-state index is 0.0468. The highest BCUT2D eigenvalue weighted by Crippen LogP contribution is 2.43. The van der Waals surface area contributed by atoms with Gasteiger partial charge in [-0.2, -0.15) is 0 Å². The number of likely N-dealkylation sites (tertiary alicyclic amines) is 1. The summed E-state index contributed by atoms with van der Waals surface area (Å²) in [5.41, 5.74) is 1.98. The summed E-state index contributed by atoms with van der Waals surface area (Å²) in [6.07, 6.45) is 3.64. The van der Waals surface area contributed by atoms with E-state index in [1.807, 2.05) is 6.07 Å². The Balaban J connectivity index is 1.62. The molecule has 1 aliphatic carbocycles. The molecule has 4 rings (SSSR count). The molecule has 2 aromatic carbocycles. The molecule has 9 heteroatoms. The van der Waals surface area contributed by atoms with E-state index >= 15 is 0 Å². The van der Waals surface area contributed by atoms with Crippen molar-refractivity contribution in [1.82, 2.24) is 10.2 Å². The molecule has 32 heavy (non-hydrogen) atoms. The SMILES string of the molecule is CS(=O)(=O)c1ccc(O[C@H]2c3cc(Cl)cc(Cl)c3C[C@@H]2N2CCC[C@@H](NCCF)C2)cc1. The van der Waals surface area contributed by atoms with Crippen LogP contribution < -0.4 is 10.1 Å². The van der Waals surface area contributed by atoms with Crippen LogP contribution >= 0.6 is 23.2 Å². The molecule has 0 bridgehead atoms. The fraction of sp³-hybridized carbons (Fsp3) is 0.478. The van der Waals surface area contributed by atoms with Crippen LogP contribution in [0.2, 0.25) is 10.0 Å². The largest absolute Gasteiger partial charge is 0.484 e. The highest BCUT2D eigenvalue weighted by atomic mass is 35.5. The van der Waals surface area contributed by atoms with E-state index in [0.717, 1.165) is 43.5 Å². The third kappa shape index (κ3) is 5.23. The normalized spacial score (nSPS) is 23.8. The van der Waals surface area contributed by atoms with Crippen LogP contribution in [-0.4, -0.2) is 58.0 Å². The van der Waals surface area contributed by atoms with E-state index in [2.05, 4.69) is 10.2 Å². The Morgan fingerprint density at radius 3 is 2.66 bits per heavy atom. The van der Waals surface area contributed by atoms with E-state index in [0.29, 0.717) is 22.3 Å². The second-order valence-electron chi connectivity index (χ2n) is 8.49. The second kappa shape index (κ2) is 9.85. The maximum absolute atomic E-state index is 12.7. The lowest BCUT2D eigenvalue weighted by Crippen LogP contribution is -2.51. The summed E-state index contributed by atoms with van der Waals surface area (Å²) in [6, 6.07) is 10.4. The van der Waals surface area contributed by atoms with Gasteiger partial charge in [-0.1, -0.05) is 23.2 Å². The molecule has 5 nitrogen and oxygen atoms in total. The summed E-state index contributed by atoms with van der Waals surface area (Å²) in [5, 5.41) is 4.47. The molecule has 3 atom stereocenters. The maximum atomic E-state index is 12.7. The Hall–Kier alpha value is -1.38. The first-order chi connectivity index (χ1) is 15.3. The average Bonchev–Trinajstić information content (AvgIpc) is 3.11. The van der Waals surface area contributed by atoms with E-state index in [4.69, 9.17) is 27.9 Å². The standard InChI is InChI=1S/C23H27Cl2FN2O3S/c1-32(29,30)18-6-4-17(5-7-18)31-23-20-11-15(24)12-21(25)19(20)13-22(23)28-10-2-3-16(14-28)27-9-8-26/h4-7,11-12,16,22-23,27H,2-3,8-10,13-14H2,1H3/t16-,22+,23+/m1/s1. The summed E-state index contributed by atoms with van der Waals surface area (Å²) >= 11 is 12.9. The molecule has 174 valence electrons. The van der Waals surface area contributed by atoms with Crippen molar-refractivity contribution in [2.45, 2.75) is 42.3 Å². The number of hydrogen-bond donors (Lipinski definition) is 1.